The number of nitrogens with zero attached hydrogens (tertiary/aromatic N) is 1. The maximum Gasteiger partial charge on any atom is 0.258 e. The average Bonchev–Trinajstić information content (AvgIpc) is 2.94. The summed E-state index contributed by atoms with van der Waals surface area (Å²) in [6.45, 7) is 1.61. The Morgan fingerprint density at radius 2 is 1.59 bits per heavy atom. The maximum absolute atomic E-state index is 12.7. The van der Waals surface area contributed by atoms with E-state index >= 15 is 0 Å². The van der Waals surface area contributed by atoms with Crippen molar-refractivity contribution in [2.24, 2.45) is 0 Å². The van der Waals surface area contributed by atoms with Crippen LogP contribution >= 0.6 is 11.6 Å². The molecule has 0 atom stereocenters. The van der Waals surface area contributed by atoms with E-state index in [1.54, 1.807) is 37.4 Å². The van der Waals surface area contributed by atoms with Gasteiger partial charge < -0.3 is 36.7 Å². The molecular weight excluding hydrogens is 516 g/mol. The first-order valence-corrected chi connectivity index (χ1v) is 12.9. The van der Waals surface area contributed by atoms with Gasteiger partial charge in [-0.25, -0.2) is 0 Å². The van der Waals surface area contributed by atoms with E-state index in [4.69, 9.17) is 17.0 Å². The lowest BCUT2D eigenvalue weighted by molar-refractivity contribution is -0.112. The van der Waals surface area contributed by atoms with Crippen LogP contribution in [-0.2, 0) is 4.79 Å². The summed E-state index contributed by atoms with van der Waals surface area (Å²) in [5, 5.41) is 29.0. The molecule has 2 amide bonds. The summed E-state index contributed by atoms with van der Waals surface area (Å²) >= 11 is 6.42. The first-order valence-electron chi connectivity index (χ1n) is 12.6. The van der Waals surface area contributed by atoms with Gasteiger partial charge in [0.2, 0.25) is 0 Å². The minimum absolute atomic E-state index is 0.180. The zero-order chi connectivity index (χ0) is 27.8. The summed E-state index contributed by atoms with van der Waals surface area (Å²) in [6.07, 6.45) is 3.69. The topological polar surface area (TPSA) is 130 Å². The first kappa shape index (κ1) is 27.7. The molecule has 0 radical (unpaired) electrons. The van der Waals surface area contributed by atoms with Gasteiger partial charge in [-0.1, -0.05) is 11.6 Å². The minimum atomic E-state index is -0.424. The lowest BCUT2D eigenvalue weighted by atomic mass is 10.1. The van der Waals surface area contributed by atoms with Crippen molar-refractivity contribution in [2.75, 3.05) is 41.0 Å². The zero-order valence-corrected chi connectivity index (χ0v) is 22.3. The van der Waals surface area contributed by atoms with Gasteiger partial charge in [0.15, 0.2) is 0 Å². The third-order valence-electron chi connectivity index (χ3n) is 6.33. The number of amides is 2. The number of carbonyl (C=O) groups excluding carboxylic acids is 2. The van der Waals surface area contributed by atoms with Crippen LogP contribution in [0.5, 0.6) is 0 Å². The molecule has 1 saturated heterocycles. The lowest BCUT2D eigenvalue weighted by Gasteiger charge is -2.31. The van der Waals surface area contributed by atoms with Crippen molar-refractivity contribution in [1.29, 1.82) is 5.41 Å². The molecule has 10 heteroatoms. The number of piperidine rings is 1. The third-order valence-corrected chi connectivity index (χ3v) is 6.64. The van der Waals surface area contributed by atoms with E-state index in [1.807, 2.05) is 36.4 Å². The highest BCUT2D eigenvalue weighted by molar-refractivity contribution is 6.33. The van der Waals surface area contributed by atoms with Crippen molar-refractivity contribution in [3.05, 3.63) is 89.1 Å². The standard InChI is InChI=1S/C29H31ClN6O3/c1-32-18-20(17-31)29(39)35-23-8-11-27(26(30)16-23)33-21-4-6-22(7-5-21)34-28(38)19-2-9-24(10-3-19)36-14-12-25(37)13-15-36/h2-11,16-18,25,31-33,37H,12-15H2,1H3,(H,34,38)(H,35,39)/b20-18+,31-17?. The Hall–Kier alpha value is -4.34. The fourth-order valence-electron chi connectivity index (χ4n) is 4.17. The van der Waals surface area contributed by atoms with Crippen LogP contribution in [0.25, 0.3) is 0 Å². The molecule has 0 bridgehead atoms. The fourth-order valence-corrected chi connectivity index (χ4v) is 4.40. The molecule has 0 saturated carbocycles. The second-order valence-electron chi connectivity index (χ2n) is 9.10. The van der Waals surface area contributed by atoms with E-state index < -0.39 is 5.91 Å². The van der Waals surface area contributed by atoms with Crippen molar-refractivity contribution in [3.63, 3.8) is 0 Å². The summed E-state index contributed by atoms with van der Waals surface area (Å²) in [5.74, 6) is -0.625. The number of benzene rings is 3. The normalized spacial score (nSPS) is 13.9. The van der Waals surface area contributed by atoms with E-state index in [2.05, 4.69) is 26.2 Å². The van der Waals surface area contributed by atoms with Crippen LogP contribution < -0.4 is 26.2 Å². The second-order valence-corrected chi connectivity index (χ2v) is 9.51. The second kappa shape index (κ2) is 12.9. The van der Waals surface area contributed by atoms with Crippen molar-refractivity contribution >= 4 is 58.1 Å². The largest absolute Gasteiger partial charge is 0.393 e. The van der Waals surface area contributed by atoms with E-state index in [1.165, 1.54) is 6.20 Å². The number of hydrogen-bond acceptors (Lipinski definition) is 7. The van der Waals surface area contributed by atoms with Gasteiger partial charge >= 0.3 is 0 Å². The Morgan fingerprint density at radius 1 is 0.949 bits per heavy atom. The number of halogens is 1. The molecule has 3 aromatic rings. The van der Waals surface area contributed by atoms with Crippen LogP contribution in [-0.4, -0.2) is 49.4 Å². The molecule has 0 aliphatic carbocycles. The Bertz CT molecular complexity index is 1350. The summed E-state index contributed by atoms with van der Waals surface area (Å²) in [7, 11) is 1.65. The fraction of sp³-hybridized carbons (Fsp3) is 0.207. The van der Waals surface area contributed by atoms with Gasteiger partial charge in [0.1, 0.15) is 0 Å². The van der Waals surface area contributed by atoms with Crippen molar-refractivity contribution in [2.45, 2.75) is 18.9 Å². The highest BCUT2D eigenvalue weighted by Crippen LogP contribution is 2.29. The summed E-state index contributed by atoms with van der Waals surface area (Å²) in [6, 6.07) is 19.8. The number of anilines is 5. The Balaban J connectivity index is 1.33. The third kappa shape index (κ3) is 7.37. The molecule has 0 aromatic heterocycles. The van der Waals surface area contributed by atoms with E-state index in [9.17, 15) is 14.7 Å². The van der Waals surface area contributed by atoms with Gasteiger partial charge in [0.25, 0.3) is 11.8 Å². The first-order chi connectivity index (χ1) is 18.9. The van der Waals surface area contributed by atoms with Crippen LogP contribution in [0.3, 0.4) is 0 Å². The summed E-state index contributed by atoms with van der Waals surface area (Å²) in [4.78, 5) is 27.2. The molecule has 1 aliphatic heterocycles. The molecule has 0 spiro atoms. The quantitative estimate of drug-likeness (QED) is 0.166. The van der Waals surface area contributed by atoms with Crippen LogP contribution in [0.15, 0.2) is 78.5 Å². The van der Waals surface area contributed by atoms with Crippen LogP contribution in [0, 0.1) is 5.41 Å². The Labute approximate surface area is 232 Å². The van der Waals surface area contributed by atoms with E-state index in [-0.39, 0.29) is 17.6 Å². The maximum atomic E-state index is 12.7. The molecule has 1 fully saturated rings. The monoisotopic (exact) mass is 546 g/mol. The van der Waals surface area contributed by atoms with Crippen molar-refractivity contribution < 1.29 is 14.7 Å². The van der Waals surface area contributed by atoms with E-state index in [0.717, 1.165) is 43.5 Å². The predicted molar refractivity (Wildman–Crippen MR) is 158 cm³/mol. The molecular formula is C29H31ClN6O3. The lowest BCUT2D eigenvalue weighted by Crippen LogP contribution is -2.35. The van der Waals surface area contributed by atoms with Crippen LogP contribution in [0.2, 0.25) is 5.02 Å². The van der Waals surface area contributed by atoms with Gasteiger partial charge in [-0.3, -0.25) is 9.59 Å². The SMILES string of the molecule is CN/C=C(\C=N)C(=O)Nc1ccc(Nc2ccc(NC(=O)c3ccc(N4CCC(O)CC4)cc3)cc2)c(Cl)c1. The molecule has 1 aliphatic rings. The van der Waals surface area contributed by atoms with Gasteiger partial charge in [0.05, 0.1) is 22.4 Å². The molecule has 9 nitrogen and oxygen atoms in total. The molecule has 39 heavy (non-hydrogen) atoms. The molecule has 4 rings (SSSR count). The Kier molecular flexibility index (Phi) is 9.19. The van der Waals surface area contributed by atoms with Crippen LogP contribution in [0.1, 0.15) is 23.2 Å². The van der Waals surface area contributed by atoms with Gasteiger partial charge in [-0.05, 0) is 79.6 Å². The smallest absolute Gasteiger partial charge is 0.258 e. The highest BCUT2D eigenvalue weighted by Gasteiger charge is 2.17. The molecule has 6 N–H and O–H groups in total. The Morgan fingerprint density at radius 3 is 2.21 bits per heavy atom. The summed E-state index contributed by atoms with van der Waals surface area (Å²) in [5.41, 5.74) is 4.36. The molecule has 202 valence electrons. The number of aliphatic hydroxyl groups is 1. The summed E-state index contributed by atoms with van der Waals surface area (Å²) < 4.78 is 0. The highest BCUT2D eigenvalue weighted by atomic mass is 35.5. The van der Waals surface area contributed by atoms with Crippen molar-refractivity contribution in [3.8, 4) is 0 Å². The van der Waals surface area contributed by atoms with Gasteiger partial charge in [-0.15, -0.1) is 0 Å². The molecule has 0 unspecified atom stereocenters. The van der Waals surface area contributed by atoms with Crippen LogP contribution in [0.4, 0.5) is 28.4 Å². The number of nitrogens with one attached hydrogen (secondary N) is 5. The zero-order valence-electron chi connectivity index (χ0n) is 21.5. The average molecular weight is 547 g/mol. The minimum Gasteiger partial charge on any atom is -0.393 e. The number of carbonyl (C=O) groups is 2. The molecule has 1 heterocycles. The van der Waals surface area contributed by atoms with Crippen molar-refractivity contribution in [1.82, 2.24) is 5.32 Å². The number of rotatable bonds is 9. The molecule has 3 aromatic carbocycles. The van der Waals surface area contributed by atoms with Gasteiger partial charge in [-0.2, -0.15) is 0 Å². The van der Waals surface area contributed by atoms with E-state index in [0.29, 0.717) is 27.6 Å². The number of hydrogen-bond donors (Lipinski definition) is 6. The van der Waals surface area contributed by atoms with Gasteiger partial charge in [0, 0.05) is 60.9 Å². The predicted octanol–water partition coefficient (Wildman–Crippen LogP) is 4.99. The number of aliphatic hydroxyl groups excluding tert-OH is 1.